The lowest BCUT2D eigenvalue weighted by molar-refractivity contribution is 0.493. The molecule has 0 fully saturated rings. The molecule has 0 bridgehead atoms. The van der Waals surface area contributed by atoms with Gasteiger partial charge in [-0.3, -0.25) is 0 Å². The van der Waals surface area contributed by atoms with Gasteiger partial charge in [-0.1, -0.05) is 13.8 Å². The fourth-order valence-electron chi connectivity index (χ4n) is 1.07. The van der Waals surface area contributed by atoms with Gasteiger partial charge < -0.3 is 0 Å². The molecule has 0 radical (unpaired) electrons. The Morgan fingerprint density at radius 3 is 2.08 bits per heavy atom. The highest BCUT2D eigenvalue weighted by molar-refractivity contribution is 8.03. The molecule has 66 valence electrons. The first-order valence-corrected chi connectivity index (χ1v) is 6.91. The number of rotatable bonds is 0. The molecule has 2 rings (SSSR count). The van der Waals surface area contributed by atoms with Crippen molar-refractivity contribution < 1.29 is 0 Å². The van der Waals surface area contributed by atoms with Crippen LogP contribution < -0.4 is 0 Å². The highest BCUT2D eigenvalue weighted by atomic mass is 32.2. The lowest BCUT2D eigenvalue weighted by atomic mass is 10.0. The molecule has 0 saturated heterocycles. The van der Waals surface area contributed by atoms with Crippen molar-refractivity contribution in [2.75, 3.05) is 11.5 Å². The molecule has 2 heterocycles. The largest absolute Gasteiger partial charge is 0.150 e. The van der Waals surface area contributed by atoms with Gasteiger partial charge in [0.05, 0.1) is 0 Å². The van der Waals surface area contributed by atoms with Crippen molar-refractivity contribution in [3.63, 3.8) is 0 Å². The van der Waals surface area contributed by atoms with Gasteiger partial charge in [-0.15, -0.1) is 23.5 Å². The van der Waals surface area contributed by atoms with Crippen molar-refractivity contribution in [3.05, 3.63) is 10.8 Å². The normalized spacial score (nSPS) is 21.5. The summed E-state index contributed by atoms with van der Waals surface area (Å²) in [5, 5.41) is 4.54. The minimum Gasteiger partial charge on any atom is -0.150 e. The van der Waals surface area contributed by atoms with Crippen LogP contribution >= 0.6 is 34.9 Å². The molecule has 0 aliphatic carbocycles. The molecular formula is C9H12S3. The zero-order valence-electron chi connectivity index (χ0n) is 7.29. The van der Waals surface area contributed by atoms with E-state index in [1.165, 1.54) is 21.3 Å². The maximum Gasteiger partial charge on any atom is 0.0315 e. The Morgan fingerprint density at radius 1 is 1.08 bits per heavy atom. The summed E-state index contributed by atoms with van der Waals surface area (Å²) in [5.74, 6) is 2.51. The van der Waals surface area contributed by atoms with E-state index in [0.717, 1.165) is 0 Å². The third-order valence-electron chi connectivity index (χ3n) is 1.83. The van der Waals surface area contributed by atoms with E-state index in [1.54, 1.807) is 0 Å². The molecule has 1 aromatic rings. The Kier molecular flexibility index (Phi) is 2.45. The summed E-state index contributed by atoms with van der Waals surface area (Å²) in [6.07, 6.45) is 0. The van der Waals surface area contributed by atoms with Crippen LogP contribution in [0.25, 0.3) is 0 Å². The molecule has 0 spiro atoms. The molecule has 1 aliphatic rings. The number of hydrogen-bond acceptors (Lipinski definition) is 3. The smallest absolute Gasteiger partial charge is 0.0315 e. The van der Waals surface area contributed by atoms with E-state index in [1.807, 2.05) is 34.9 Å². The summed E-state index contributed by atoms with van der Waals surface area (Å²) >= 11 is 5.85. The Morgan fingerprint density at radius 2 is 1.58 bits per heavy atom. The summed E-state index contributed by atoms with van der Waals surface area (Å²) in [5.41, 5.74) is 0.492. The van der Waals surface area contributed by atoms with Gasteiger partial charge in [0.1, 0.15) is 0 Å². The van der Waals surface area contributed by atoms with Crippen LogP contribution in [0.1, 0.15) is 13.8 Å². The van der Waals surface area contributed by atoms with Crippen LogP contribution in [0.5, 0.6) is 0 Å². The summed E-state index contributed by atoms with van der Waals surface area (Å²) < 4.78 is 0. The highest BCUT2D eigenvalue weighted by Gasteiger charge is 2.23. The second kappa shape index (κ2) is 3.28. The molecule has 0 nitrogen and oxygen atoms in total. The van der Waals surface area contributed by atoms with E-state index in [4.69, 9.17) is 0 Å². The van der Waals surface area contributed by atoms with Gasteiger partial charge >= 0.3 is 0 Å². The van der Waals surface area contributed by atoms with Crippen molar-refractivity contribution in [2.24, 2.45) is 5.41 Å². The number of hydrogen-bond donors (Lipinski definition) is 0. The minimum absolute atomic E-state index is 0.492. The Hall–Kier alpha value is 0.400. The van der Waals surface area contributed by atoms with E-state index in [0.29, 0.717) is 5.41 Å². The van der Waals surface area contributed by atoms with Gasteiger partial charge in [0, 0.05) is 32.1 Å². The average molecular weight is 216 g/mol. The first kappa shape index (κ1) is 8.97. The number of thioether (sulfide) groups is 2. The Bertz CT molecular complexity index is 251. The van der Waals surface area contributed by atoms with Crippen LogP contribution in [0.2, 0.25) is 0 Å². The standard InChI is InChI=1S/C9H12S3/c1-9(2)5-11-7-3-10-4-8(7)12-6-9/h3-4H,5-6H2,1-2H3. The predicted octanol–water partition coefficient (Wildman–Crippen LogP) is 3.97. The van der Waals surface area contributed by atoms with Crippen LogP contribution in [0.3, 0.4) is 0 Å². The summed E-state index contributed by atoms with van der Waals surface area (Å²) in [4.78, 5) is 2.99. The molecule has 1 aromatic heterocycles. The van der Waals surface area contributed by atoms with Crippen LogP contribution in [0.4, 0.5) is 0 Å². The van der Waals surface area contributed by atoms with Crippen molar-refractivity contribution in [1.29, 1.82) is 0 Å². The number of thiophene rings is 1. The Labute approximate surface area is 86.1 Å². The summed E-state index contributed by atoms with van der Waals surface area (Å²) in [7, 11) is 0. The van der Waals surface area contributed by atoms with E-state index in [-0.39, 0.29) is 0 Å². The van der Waals surface area contributed by atoms with E-state index < -0.39 is 0 Å². The van der Waals surface area contributed by atoms with Gasteiger partial charge in [-0.05, 0) is 5.41 Å². The maximum atomic E-state index is 2.35. The zero-order valence-corrected chi connectivity index (χ0v) is 9.74. The fourth-order valence-corrected chi connectivity index (χ4v) is 4.85. The summed E-state index contributed by atoms with van der Waals surface area (Å²) in [6, 6.07) is 0. The van der Waals surface area contributed by atoms with E-state index >= 15 is 0 Å². The highest BCUT2D eigenvalue weighted by Crippen LogP contribution is 2.43. The van der Waals surface area contributed by atoms with Crippen molar-refractivity contribution in [1.82, 2.24) is 0 Å². The first-order valence-electron chi connectivity index (χ1n) is 3.99. The molecule has 0 N–H and O–H groups in total. The quantitative estimate of drug-likeness (QED) is 0.643. The van der Waals surface area contributed by atoms with E-state index in [9.17, 15) is 0 Å². The lowest BCUT2D eigenvalue weighted by Crippen LogP contribution is -2.16. The second-order valence-electron chi connectivity index (χ2n) is 3.84. The van der Waals surface area contributed by atoms with Crippen molar-refractivity contribution in [3.8, 4) is 0 Å². The van der Waals surface area contributed by atoms with Gasteiger partial charge in [0.2, 0.25) is 0 Å². The molecule has 1 aliphatic heterocycles. The topological polar surface area (TPSA) is 0 Å². The molecule has 3 heteroatoms. The lowest BCUT2D eigenvalue weighted by Gasteiger charge is -2.19. The third kappa shape index (κ3) is 1.83. The molecular weight excluding hydrogens is 204 g/mol. The van der Waals surface area contributed by atoms with Crippen LogP contribution in [0.15, 0.2) is 20.6 Å². The average Bonchev–Trinajstić information content (AvgIpc) is 2.40. The van der Waals surface area contributed by atoms with Gasteiger partial charge in [0.15, 0.2) is 0 Å². The monoisotopic (exact) mass is 216 g/mol. The van der Waals surface area contributed by atoms with Crippen LogP contribution in [0, 0.1) is 5.41 Å². The minimum atomic E-state index is 0.492. The van der Waals surface area contributed by atoms with Gasteiger partial charge in [-0.2, -0.15) is 11.3 Å². The van der Waals surface area contributed by atoms with E-state index in [2.05, 4.69) is 24.6 Å². The third-order valence-corrected chi connectivity index (χ3v) is 6.15. The van der Waals surface area contributed by atoms with Crippen molar-refractivity contribution >= 4 is 34.9 Å². The molecule has 0 amide bonds. The Balaban J connectivity index is 2.21. The zero-order chi connectivity index (χ0) is 8.60. The van der Waals surface area contributed by atoms with Gasteiger partial charge in [-0.25, -0.2) is 0 Å². The first-order chi connectivity index (χ1) is 5.67. The summed E-state index contributed by atoms with van der Waals surface area (Å²) in [6.45, 7) is 4.70. The van der Waals surface area contributed by atoms with Gasteiger partial charge in [0.25, 0.3) is 0 Å². The fraction of sp³-hybridized carbons (Fsp3) is 0.556. The number of fused-ring (bicyclic) bond motifs is 1. The van der Waals surface area contributed by atoms with Crippen LogP contribution in [-0.2, 0) is 0 Å². The molecule has 0 aromatic carbocycles. The predicted molar refractivity (Wildman–Crippen MR) is 59.5 cm³/mol. The molecule has 12 heavy (non-hydrogen) atoms. The molecule has 0 unspecified atom stereocenters. The second-order valence-corrected chi connectivity index (χ2v) is 6.62. The SMILES string of the molecule is CC1(C)CSc2cscc2SC1. The van der Waals surface area contributed by atoms with Crippen LogP contribution in [-0.4, -0.2) is 11.5 Å². The maximum absolute atomic E-state index is 2.35. The molecule has 0 atom stereocenters. The van der Waals surface area contributed by atoms with Crippen molar-refractivity contribution in [2.45, 2.75) is 23.6 Å². The molecule has 0 saturated carbocycles.